The minimum Gasteiger partial charge on any atom is -0.338 e. The number of allylic oxidation sites excluding steroid dienone is 1. The standard InChI is InChI=1S/C25H34N5OP/c1-5-15-32(31,16-6-2)21-11-9-20(10-12-21)27-24-22-25(29-23(28-24)18(3)4)30(17-26-22)14-13-19-7-8-19/h9-14,17-19H,5-8,15-16H2,1-4H3,(H,27,28,29). The van der Waals surface area contributed by atoms with Crippen molar-refractivity contribution >= 4 is 41.3 Å². The average molecular weight is 452 g/mol. The van der Waals surface area contributed by atoms with Crippen LogP contribution in [0.15, 0.2) is 36.7 Å². The predicted molar refractivity (Wildman–Crippen MR) is 135 cm³/mol. The zero-order valence-electron chi connectivity index (χ0n) is 19.6. The highest BCUT2D eigenvalue weighted by molar-refractivity contribution is 7.71. The first-order valence-corrected chi connectivity index (χ1v) is 13.9. The molecule has 2 heterocycles. The summed E-state index contributed by atoms with van der Waals surface area (Å²) in [7, 11) is -2.32. The van der Waals surface area contributed by atoms with Crippen LogP contribution in [0.4, 0.5) is 11.5 Å². The Morgan fingerprint density at radius 3 is 2.41 bits per heavy atom. The molecule has 1 fully saturated rings. The molecule has 32 heavy (non-hydrogen) atoms. The first-order chi connectivity index (χ1) is 15.4. The van der Waals surface area contributed by atoms with Gasteiger partial charge in [-0.15, -0.1) is 0 Å². The Kier molecular flexibility index (Phi) is 6.80. The van der Waals surface area contributed by atoms with Gasteiger partial charge in [-0.05, 0) is 55.9 Å². The van der Waals surface area contributed by atoms with Gasteiger partial charge in [0.05, 0.1) is 0 Å². The maximum absolute atomic E-state index is 13.4. The maximum atomic E-state index is 13.4. The van der Waals surface area contributed by atoms with Crippen LogP contribution in [0.1, 0.15) is 65.1 Å². The van der Waals surface area contributed by atoms with Crippen molar-refractivity contribution in [1.29, 1.82) is 0 Å². The molecule has 1 aromatic carbocycles. The van der Waals surface area contributed by atoms with Gasteiger partial charge in [-0.3, -0.25) is 4.57 Å². The first-order valence-electron chi connectivity index (χ1n) is 11.8. The SMILES string of the molecule is CCCP(=O)(CCC)c1ccc(Nc2nc(C(C)C)nc3c2ncn3C=CC2CC2)cc1. The summed E-state index contributed by atoms with van der Waals surface area (Å²) in [5.41, 5.74) is 2.47. The van der Waals surface area contributed by atoms with Gasteiger partial charge in [-0.2, -0.15) is 0 Å². The molecule has 170 valence electrons. The summed E-state index contributed by atoms with van der Waals surface area (Å²) in [5, 5.41) is 4.40. The molecule has 1 aliphatic rings. The van der Waals surface area contributed by atoms with Crippen LogP contribution >= 0.6 is 7.14 Å². The van der Waals surface area contributed by atoms with Crippen LogP contribution in [0.2, 0.25) is 0 Å². The van der Waals surface area contributed by atoms with Gasteiger partial charge in [0.15, 0.2) is 17.0 Å². The minimum absolute atomic E-state index is 0.201. The molecule has 0 unspecified atom stereocenters. The molecule has 2 aromatic heterocycles. The summed E-state index contributed by atoms with van der Waals surface area (Å²) in [6.45, 7) is 8.40. The Morgan fingerprint density at radius 2 is 1.81 bits per heavy atom. The van der Waals surface area contributed by atoms with E-state index in [1.54, 1.807) is 0 Å². The van der Waals surface area contributed by atoms with E-state index in [0.717, 1.165) is 53.1 Å². The van der Waals surface area contributed by atoms with Gasteiger partial charge in [-0.25, -0.2) is 15.0 Å². The molecular weight excluding hydrogens is 417 g/mol. The molecular formula is C25H34N5OP. The molecule has 6 nitrogen and oxygen atoms in total. The van der Waals surface area contributed by atoms with Crippen LogP contribution in [-0.2, 0) is 4.57 Å². The number of benzene rings is 1. The highest BCUT2D eigenvalue weighted by Crippen LogP contribution is 2.45. The van der Waals surface area contributed by atoms with Crippen LogP contribution in [0.3, 0.4) is 0 Å². The Labute approximate surface area is 191 Å². The number of fused-ring (bicyclic) bond motifs is 1. The van der Waals surface area contributed by atoms with E-state index in [2.05, 4.69) is 50.3 Å². The van der Waals surface area contributed by atoms with Crippen molar-refractivity contribution in [3.63, 3.8) is 0 Å². The molecule has 0 atom stereocenters. The van der Waals surface area contributed by atoms with Gasteiger partial charge in [0.2, 0.25) is 0 Å². The third-order valence-electron chi connectivity index (χ3n) is 5.87. The fourth-order valence-corrected chi connectivity index (χ4v) is 6.81. The third kappa shape index (κ3) is 4.96. The van der Waals surface area contributed by atoms with E-state index in [9.17, 15) is 4.57 Å². The van der Waals surface area contributed by atoms with Crippen molar-refractivity contribution in [3.05, 3.63) is 42.5 Å². The molecule has 0 aliphatic heterocycles. The van der Waals surface area contributed by atoms with Gasteiger partial charge in [0.1, 0.15) is 19.3 Å². The van der Waals surface area contributed by atoms with E-state index < -0.39 is 7.14 Å². The number of nitrogens with one attached hydrogen (secondary N) is 1. The molecule has 3 aromatic rings. The number of hydrogen-bond acceptors (Lipinski definition) is 5. The van der Waals surface area contributed by atoms with E-state index in [1.165, 1.54) is 12.8 Å². The monoisotopic (exact) mass is 451 g/mol. The topological polar surface area (TPSA) is 72.7 Å². The highest BCUT2D eigenvalue weighted by atomic mass is 31.2. The summed E-state index contributed by atoms with van der Waals surface area (Å²) >= 11 is 0. The van der Waals surface area contributed by atoms with Crippen molar-refractivity contribution < 1.29 is 4.57 Å². The van der Waals surface area contributed by atoms with E-state index in [0.29, 0.717) is 11.7 Å². The van der Waals surface area contributed by atoms with Crippen molar-refractivity contribution in [3.8, 4) is 0 Å². The first kappa shape index (κ1) is 22.7. The van der Waals surface area contributed by atoms with Gasteiger partial charge in [-0.1, -0.05) is 33.8 Å². The van der Waals surface area contributed by atoms with Crippen LogP contribution in [0, 0.1) is 5.92 Å². The predicted octanol–water partition coefficient (Wildman–Crippen LogP) is 6.38. The van der Waals surface area contributed by atoms with Crippen LogP contribution in [-0.4, -0.2) is 31.8 Å². The lowest BCUT2D eigenvalue weighted by molar-refractivity contribution is 0.579. The zero-order valence-corrected chi connectivity index (χ0v) is 20.5. The largest absolute Gasteiger partial charge is 0.338 e. The summed E-state index contributed by atoms with van der Waals surface area (Å²) in [5.74, 6) is 2.38. The fraction of sp³-hybridized carbons (Fsp3) is 0.480. The number of rotatable bonds is 10. The number of imidazole rings is 1. The maximum Gasteiger partial charge on any atom is 0.169 e. The van der Waals surface area contributed by atoms with E-state index >= 15 is 0 Å². The Bertz CT molecular complexity index is 1140. The second kappa shape index (κ2) is 9.58. The van der Waals surface area contributed by atoms with Gasteiger partial charge >= 0.3 is 0 Å². The lowest BCUT2D eigenvalue weighted by Gasteiger charge is -2.18. The number of anilines is 2. The lowest BCUT2D eigenvalue weighted by atomic mass is 10.2. The zero-order chi connectivity index (χ0) is 22.7. The summed E-state index contributed by atoms with van der Waals surface area (Å²) in [6.07, 6.45) is 12.0. The highest BCUT2D eigenvalue weighted by Gasteiger charge is 2.23. The molecule has 0 radical (unpaired) electrons. The smallest absolute Gasteiger partial charge is 0.169 e. The molecule has 1 aliphatic carbocycles. The van der Waals surface area contributed by atoms with E-state index in [-0.39, 0.29) is 5.92 Å². The van der Waals surface area contributed by atoms with Crippen molar-refractivity contribution in [2.45, 2.75) is 59.3 Å². The number of nitrogens with zero attached hydrogens (tertiary/aromatic N) is 4. The third-order valence-corrected chi connectivity index (χ3v) is 9.44. The van der Waals surface area contributed by atoms with Gasteiger partial charge in [0, 0.05) is 35.4 Å². The quantitative estimate of drug-likeness (QED) is 0.362. The van der Waals surface area contributed by atoms with Crippen LogP contribution in [0.5, 0.6) is 0 Å². The molecule has 4 rings (SSSR count). The summed E-state index contributed by atoms with van der Waals surface area (Å²) < 4.78 is 15.4. The molecule has 0 amide bonds. The lowest BCUT2D eigenvalue weighted by Crippen LogP contribution is -2.11. The molecule has 1 N–H and O–H groups in total. The van der Waals surface area contributed by atoms with Crippen LogP contribution < -0.4 is 10.6 Å². The van der Waals surface area contributed by atoms with Crippen molar-refractivity contribution in [2.24, 2.45) is 5.92 Å². The van der Waals surface area contributed by atoms with Crippen LogP contribution in [0.25, 0.3) is 17.4 Å². The second-order valence-electron chi connectivity index (χ2n) is 9.10. The normalized spacial score (nSPS) is 14.7. The molecule has 0 saturated heterocycles. The Hall–Kier alpha value is -2.46. The minimum atomic E-state index is -2.32. The van der Waals surface area contributed by atoms with Gasteiger partial charge < -0.3 is 9.88 Å². The molecule has 1 saturated carbocycles. The summed E-state index contributed by atoms with van der Waals surface area (Å²) in [6, 6.07) is 8.01. The summed E-state index contributed by atoms with van der Waals surface area (Å²) in [4.78, 5) is 14.2. The fourth-order valence-electron chi connectivity index (χ4n) is 3.94. The Balaban J connectivity index is 1.65. The molecule has 7 heteroatoms. The number of hydrogen-bond donors (Lipinski definition) is 1. The average Bonchev–Trinajstić information content (AvgIpc) is 3.51. The van der Waals surface area contributed by atoms with Crippen molar-refractivity contribution in [1.82, 2.24) is 19.5 Å². The number of aromatic nitrogens is 4. The molecule has 0 bridgehead atoms. The van der Waals surface area contributed by atoms with Gasteiger partial charge in [0.25, 0.3) is 0 Å². The second-order valence-corrected chi connectivity index (χ2v) is 12.3. The Morgan fingerprint density at radius 1 is 1.12 bits per heavy atom. The molecule has 0 spiro atoms. The van der Waals surface area contributed by atoms with Crippen molar-refractivity contribution in [2.75, 3.05) is 17.6 Å². The van der Waals surface area contributed by atoms with E-state index in [1.807, 2.05) is 35.2 Å². The van der Waals surface area contributed by atoms with E-state index in [4.69, 9.17) is 9.97 Å².